The van der Waals surface area contributed by atoms with Crippen molar-refractivity contribution in [2.75, 3.05) is 26.0 Å². The van der Waals surface area contributed by atoms with Crippen LogP contribution in [0.25, 0.3) is 0 Å². The van der Waals surface area contributed by atoms with Crippen LogP contribution in [0.15, 0.2) is 60.7 Å². The van der Waals surface area contributed by atoms with E-state index in [0.29, 0.717) is 17.9 Å². The van der Waals surface area contributed by atoms with Crippen LogP contribution in [0.2, 0.25) is 0 Å². The Kier molecular flexibility index (Phi) is 5.45. The molecule has 1 amide bonds. The lowest BCUT2D eigenvalue weighted by molar-refractivity contribution is 0.102. The summed E-state index contributed by atoms with van der Waals surface area (Å²) in [5.74, 6) is 0.494. The molecule has 2 N–H and O–H groups in total. The van der Waals surface area contributed by atoms with Crippen LogP contribution in [0.4, 0.5) is 5.82 Å². The van der Waals surface area contributed by atoms with E-state index in [1.165, 1.54) is 5.56 Å². The van der Waals surface area contributed by atoms with Gasteiger partial charge >= 0.3 is 0 Å². The molecule has 2 heterocycles. The van der Waals surface area contributed by atoms with Crippen molar-refractivity contribution < 1.29 is 4.79 Å². The zero-order valence-electron chi connectivity index (χ0n) is 18.0. The Morgan fingerprint density at radius 1 is 1.13 bits per heavy atom. The highest BCUT2D eigenvalue weighted by molar-refractivity contribution is 6.04. The van der Waals surface area contributed by atoms with Crippen LogP contribution >= 0.6 is 0 Å². The molecule has 1 aliphatic heterocycles. The van der Waals surface area contributed by atoms with Gasteiger partial charge in [-0.25, -0.2) is 0 Å². The van der Waals surface area contributed by atoms with Gasteiger partial charge in [-0.2, -0.15) is 5.10 Å². The van der Waals surface area contributed by atoms with Crippen LogP contribution in [0.1, 0.15) is 47.1 Å². The number of nitrogens with one attached hydrogen (secondary N) is 2. The normalized spacial score (nSPS) is 15.8. The average Bonchev–Trinajstić information content (AvgIpc) is 3.25. The average molecular weight is 404 g/mol. The smallest absolute Gasteiger partial charge is 0.256 e. The fourth-order valence-electron chi connectivity index (χ4n) is 4.13. The van der Waals surface area contributed by atoms with Crippen molar-refractivity contribution in [1.82, 2.24) is 20.0 Å². The van der Waals surface area contributed by atoms with E-state index in [2.05, 4.69) is 72.4 Å². The van der Waals surface area contributed by atoms with Crippen LogP contribution in [0, 0.1) is 0 Å². The zero-order chi connectivity index (χ0) is 21.3. The zero-order valence-corrected chi connectivity index (χ0v) is 18.0. The molecule has 6 heteroatoms. The molecule has 1 aliphatic rings. The molecule has 0 fully saturated rings. The van der Waals surface area contributed by atoms with E-state index in [0.717, 1.165) is 17.8 Å². The van der Waals surface area contributed by atoms with Crippen LogP contribution < -0.4 is 10.6 Å². The lowest BCUT2D eigenvalue weighted by Crippen LogP contribution is -2.35. The van der Waals surface area contributed by atoms with Crippen molar-refractivity contribution in [3.63, 3.8) is 0 Å². The summed E-state index contributed by atoms with van der Waals surface area (Å²) < 4.78 is 2.10. The number of anilines is 1. The Bertz CT molecular complexity index is 1020. The highest BCUT2D eigenvalue weighted by Crippen LogP contribution is 2.38. The number of likely N-dealkylation sites (N-methyl/N-ethyl adjacent to an activating group) is 1. The summed E-state index contributed by atoms with van der Waals surface area (Å²) in [5, 5.41) is 11.6. The number of carbonyl (C=O) groups is 1. The summed E-state index contributed by atoms with van der Waals surface area (Å²) in [7, 11) is 4.14. The Hall–Kier alpha value is -2.96. The summed E-state index contributed by atoms with van der Waals surface area (Å²) >= 11 is 0. The van der Waals surface area contributed by atoms with Gasteiger partial charge in [0.2, 0.25) is 0 Å². The van der Waals surface area contributed by atoms with Gasteiger partial charge in [0.15, 0.2) is 5.82 Å². The Labute approximate surface area is 177 Å². The van der Waals surface area contributed by atoms with Gasteiger partial charge in [0.05, 0.1) is 17.3 Å². The molecular weight excluding hydrogens is 374 g/mol. The highest BCUT2D eigenvalue weighted by Gasteiger charge is 2.39. The summed E-state index contributed by atoms with van der Waals surface area (Å²) in [4.78, 5) is 15.0. The Morgan fingerprint density at radius 2 is 1.77 bits per heavy atom. The summed E-state index contributed by atoms with van der Waals surface area (Å²) in [5.41, 5.74) is 3.77. The number of fused-ring (bicyclic) bond motifs is 1. The van der Waals surface area contributed by atoms with Gasteiger partial charge in [-0.3, -0.25) is 9.48 Å². The maximum absolute atomic E-state index is 12.8. The first-order valence-corrected chi connectivity index (χ1v) is 10.3. The minimum Gasteiger partial charge on any atom is -0.307 e. The molecular formula is C24H29N5O. The first-order chi connectivity index (χ1) is 14.4. The molecule has 6 nitrogen and oxygen atoms in total. The summed E-state index contributed by atoms with van der Waals surface area (Å²) in [6.07, 6.45) is 0. The van der Waals surface area contributed by atoms with E-state index < -0.39 is 0 Å². The molecule has 1 aromatic heterocycles. The number of hydrogen-bond donors (Lipinski definition) is 2. The number of rotatable bonds is 6. The fourth-order valence-corrected chi connectivity index (χ4v) is 4.13. The van der Waals surface area contributed by atoms with E-state index in [4.69, 9.17) is 5.10 Å². The van der Waals surface area contributed by atoms with Crippen molar-refractivity contribution >= 4 is 11.7 Å². The Morgan fingerprint density at radius 3 is 2.40 bits per heavy atom. The molecule has 0 spiro atoms. The van der Waals surface area contributed by atoms with Gasteiger partial charge in [0, 0.05) is 24.2 Å². The molecule has 0 saturated heterocycles. The summed E-state index contributed by atoms with van der Waals surface area (Å²) in [6.45, 7) is 5.81. The monoisotopic (exact) mass is 403 g/mol. The van der Waals surface area contributed by atoms with Crippen LogP contribution in [0.5, 0.6) is 0 Å². The lowest BCUT2D eigenvalue weighted by atomic mass is 9.99. The van der Waals surface area contributed by atoms with E-state index in [9.17, 15) is 4.79 Å². The molecule has 1 atom stereocenters. The van der Waals surface area contributed by atoms with Crippen molar-refractivity contribution in [2.45, 2.75) is 32.0 Å². The Balaban J connectivity index is 1.78. The third kappa shape index (κ3) is 3.88. The third-order valence-electron chi connectivity index (χ3n) is 5.59. The topological polar surface area (TPSA) is 62.2 Å². The van der Waals surface area contributed by atoms with Crippen molar-refractivity contribution in [3.05, 3.63) is 83.0 Å². The van der Waals surface area contributed by atoms with Gasteiger partial charge in [-0.05, 0) is 45.6 Å². The molecule has 0 bridgehead atoms. The van der Waals surface area contributed by atoms with Crippen LogP contribution in [-0.2, 0) is 12.1 Å². The number of aromatic nitrogens is 2. The number of amides is 1. The first kappa shape index (κ1) is 20.3. The van der Waals surface area contributed by atoms with Crippen molar-refractivity contribution in [2.24, 2.45) is 0 Å². The van der Waals surface area contributed by atoms with Crippen LogP contribution in [-0.4, -0.2) is 41.2 Å². The van der Waals surface area contributed by atoms with Gasteiger partial charge in [0.25, 0.3) is 5.91 Å². The van der Waals surface area contributed by atoms with E-state index in [-0.39, 0.29) is 17.5 Å². The van der Waals surface area contributed by atoms with Crippen molar-refractivity contribution in [3.8, 4) is 0 Å². The highest BCUT2D eigenvalue weighted by atomic mass is 16.1. The molecule has 3 aromatic rings. The predicted octanol–water partition coefficient (Wildman–Crippen LogP) is 3.62. The summed E-state index contributed by atoms with van der Waals surface area (Å²) in [6, 6.07) is 19.7. The van der Waals surface area contributed by atoms with Crippen molar-refractivity contribution in [1.29, 1.82) is 0 Å². The maximum Gasteiger partial charge on any atom is 0.256 e. The quantitative estimate of drug-likeness (QED) is 0.660. The van der Waals surface area contributed by atoms with Gasteiger partial charge in [-0.1, -0.05) is 48.5 Å². The number of hydrogen-bond acceptors (Lipinski definition) is 4. The maximum atomic E-state index is 12.8. The molecule has 0 radical (unpaired) electrons. The molecule has 4 rings (SSSR count). The van der Waals surface area contributed by atoms with E-state index in [1.54, 1.807) is 0 Å². The lowest BCUT2D eigenvalue weighted by Gasteiger charge is -2.28. The SMILES string of the molecule is CN(C)C[C@H](c1ccccc1)n1nc(NC(=O)c2ccccc2)c2c1C(C)(C)NC2. The largest absolute Gasteiger partial charge is 0.307 e. The standard InChI is InChI=1S/C24H29N5O/c1-24(2)21-19(15-25-24)22(26-23(30)18-13-9-6-10-14-18)27-29(21)20(16-28(3)4)17-11-7-5-8-12-17/h5-14,20,25H,15-16H2,1-4H3,(H,26,27,30)/t20-/m1/s1. The van der Waals surface area contributed by atoms with E-state index >= 15 is 0 Å². The molecule has 30 heavy (non-hydrogen) atoms. The van der Waals surface area contributed by atoms with Crippen LogP contribution in [0.3, 0.4) is 0 Å². The van der Waals surface area contributed by atoms with Gasteiger partial charge in [0.1, 0.15) is 0 Å². The minimum atomic E-state index is -0.239. The number of nitrogens with zero attached hydrogens (tertiary/aromatic N) is 3. The predicted molar refractivity (Wildman–Crippen MR) is 120 cm³/mol. The fraction of sp³-hybridized carbons (Fsp3) is 0.333. The third-order valence-corrected chi connectivity index (χ3v) is 5.59. The van der Waals surface area contributed by atoms with E-state index in [1.807, 2.05) is 36.4 Å². The number of carbonyl (C=O) groups excluding carboxylic acids is 1. The second kappa shape index (κ2) is 8.05. The van der Waals surface area contributed by atoms with Gasteiger partial charge in [-0.15, -0.1) is 0 Å². The minimum absolute atomic E-state index is 0.0384. The molecule has 0 saturated carbocycles. The molecule has 0 unspecified atom stereocenters. The molecule has 2 aromatic carbocycles. The number of benzene rings is 2. The molecule has 156 valence electrons. The first-order valence-electron chi connectivity index (χ1n) is 10.3. The second-order valence-corrected chi connectivity index (χ2v) is 8.61. The second-order valence-electron chi connectivity index (χ2n) is 8.61. The van der Waals surface area contributed by atoms with Gasteiger partial charge < -0.3 is 15.5 Å². The molecule has 0 aliphatic carbocycles.